The van der Waals surface area contributed by atoms with Gasteiger partial charge in [0.25, 0.3) is 0 Å². The summed E-state index contributed by atoms with van der Waals surface area (Å²) in [6.07, 6.45) is -4.46. The molecule has 1 N–H and O–H groups in total. The van der Waals surface area contributed by atoms with Crippen molar-refractivity contribution in [2.24, 2.45) is 0 Å². The monoisotopic (exact) mass is 312 g/mol. The number of nitrogens with one attached hydrogen (secondary N) is 1. The van der Waals surface area contributed by atoms with Gasteiger partial charge in [-0.1, -0.05) is 17.7 Å². The van der Waals surface area contributed by atoms with Gasteiger partial charge in [-0.05, 0) is 36.4 Å². The van der Waals surface area contributed by atoms with E-state index in [0.717, 1.165) is 12.1 Å². The summed E-state index contributed by atoms with van der Waals surface area (Å²) in [6.45, 7) is 0. The highest BCUT2D eigenvalue weighted by Gasteiger charge is 2.30. The van der Waals surface area contributed by atoms with Crippen LogP contribution in [0.2, 0.25) is 5.02 Å². The predicted molar refractivity (Wildman–Crippen MR) is 73.9 cm³/mol. The molecule has 1 aromatic heterocycles. The highest BCUT2D eigenvalue weighted by Crippen LogP contribution is 2.30. The van der Waals surface area contributed by atoms with E-state index in [1.807, 2.05) is 0 Å². The summed E-state index contributed by atoms with van der Waals surface area (Å²) in [5, 5.41) is 0.431. The van der Waals surface area contributed by atoms with E-state index in [0.29, 0.717) is 16.1 Å². The average Bonchev–Trinajstić information content (AvgIpc) is 2.73. The molecular formula is C14H8ClF3N2O. The van der Waals surface area contributed by atoms with E-state index in [1.54, 1.807) is 18.2 Å². The number of benzene rings is 2. The molecule has 0 saturated heterocycles. The maximum Gasteiger partial charge on any atom is 0.416 e. The molecule has 3 aromatic rings. The van der Waals surface area contributed by atoms with Crippen LogP contribution in [0.25, 0.3) is 16.7 Å². The fourth-order valence-corrected chi connectivity index (χ4v) is 2.33. The smallest absolute Gasteiger partial charge is 0.305 e. The lowest BCUT2D eigenvalue weighted by molar-refractivity contribution is -0.137. The van der Waals surface area contributed by atoms with Gasteiger partial charge in [-0.25, -0.2) is 4.79 Å². The zero-order valence-electron chi connectivity index (χ0n) is 10.4. The molecule has 3 rings (SSSR count). The van der Waals surface area contributed by atoms with Gasteiger partial charge >= 0.3 is 11.9 Å². The number of aromatic amines is 1. The fourth-order valence-electron chi connectivity index (χ4n) is 2.16. The van der Waals surface area contributed by atoms with Crippen LogP contribution >= 0.6 is 11.6 Å². The van der Waals surface area contributed by atoms with E-state index in [9.17, 15) is 18.0 Å². The second-order valence-electron chi connectivity index (χ2n) is 4.48. The van der Waals surface area contributed by atoms with Crippen LogP contribution in [0.3, 0.4) is 0 Å². The van der Waals surface area contributed by atoms with Crippen LogP contribution < -0.4 is 5.69 Å². The SMILES string of the molecule is O=c1[nH]c2cc(Cl)ccc2n1-c1cccc(C(F)(F)F)c1. The minimum atomic E-state index is -4.46. The maximum absolute atomic E-state index is 12.8. The topological polar surface area (TPSA) is 37.8 Å². The highest BCUT2D eigenvalue weighted by molar-refractivity contribution is 6.31. The van der Waals surface area contributed by atoms with Gasteiger partial charge in [0.1, 0.15) is 0 Å². The first-order chi connectivity index (χ1) is 9.86. The Morgan fingerprint density at radius 1 is 1.10 bits per heavy atom. The molecule has 0 saturated carbocycles. The molecule has 0 aliphatic rings. The number of fused-ring (bicyclic) bond motifs is 1. The summed E-state index contributed by atoms with van der Waals surface area (Å²) in [5.74, 6) is 0. The second-order valence-corrected chi connectivity index (χ2v) is 4.91. The lowest BCUT2D eigenvalue weighted by Crippen LogP contribution is -2.15. The lowest BCUT2D eigenvalue weighted by Gasteiger charge is -2.09. The molecule has 21 heavy (non-hydrogen) atoms. The summed E-state index contributed by atoms with van der Waals surface area (Å²) in [4.78, 5) is 14.6. The minimum Gasteiger partial charge on any atom is -0.305 e. The van der Waals surface area contributed by atoms with E-state index >= 15 is 0 Å². The van der Waals surface area contributed by atoms with E-state index in [1.165, 1.54) is 16.7 Å². The number of alkyl halides is 3. The summed E-state index contributed by atoms with van der Waals surface area (Å²) in [6, 6.07) is 9.29. The van der Waals surface area contributed by atoms with Gasteiger partial charge in [0, 0.05) is 5.02 Å². The van der Waals surface area contributed by atoms with Crippen molar-refractivity contribution in [1.82, 2.24) is 9.55 Å². The number of hydrogen-bond donors (Lipinski definition) is 1. The predicted octanol–water partition coefficient (Wildman–Crippen LogP) is 3.99. The molecule has 108 valence electrons. The summed E-state index contributed by atoms with van der Waals surface area (Å²) < 4.78 is 39.5. The Kier molecular flexibility index (Phi) is 3.06. The van der Waals surface area contributed by atoms with E-state index < -0.39 is 17.4 Å². The van der Waals surface area contributed by atoms with Gasteiger partial charge in [0.2, 0.25) is 0 Å². The number of halogens is 4. The molecular weight excluding hydrogens is 305 g/mol. The van der Waals surface area contributed by atoms with Gasteiger partial charge in [0.15, 0.2) is 0 Å². The Hall–Kier alpha value is -2.21. The standard InChI is InChI=1S/C14H8ClF3N2O/c15-9-4-5-12-11(7-9)19-13(21)20(12)10-3-1-2-8(6-10)14(16,17)18/h1-7H,(H,19,21). The summed E-state index contributed by atoms with van der Waals surface area (Å²) in [7, 11) is 0. The average molecular weight is 313 g/mol. The molecule has 1 heterocycles. The number of H-pyrrole nitrogens is 1. The normalized spacial score (nSPS) is 12.0. The lowest BCUT2D eigenvalue weighted by atomic mass is 10.2. The first kappa shape index (κ1) is 13.8. The molecule has 0 amide bonds. The van der Waals surface area contributed by atoms with Crippen molar-refractivity contribution < 1.29 is 13.2 Å². The van der Waals surface area contributed by atoms with Crippen molar-refractivity contribution in [3.05, 3.63) is 63.5 Å². The molecule has 0 unspecified atom stereocenters. The molecule has 0 radical (unpaired) electrons. The third kappa shape index (κ3) is 2.42. The number of imidazole rings is 1. The fraction of sp³-hybridized carbons (Fsp3) is 0.0714. The first-order valence-electron chi connectivity index (χ1n) is 5.94. The van der Waals surface area contributed by atoms with Crippen molar-refractivity contribution in [3.63, 3.8) is 0 Å². The largest absolute Gasteiger partial charge is 0.416 e. The zero-order valence-corrected chi connectivity index (χ0v) is 11.2. The Bertz CT molecular complexity index is 880. The van der Waals surface area contributed by atoms with Crippen LogP contribution in [0, 0.1) is 0 Å². The van der Waals surface area contributed by atoms with Crippen molar-refractivity contribution in [2.45, 2.75) is 6.18 Å². The van der Waals surface area contributed by atoms with Gasteiger partial charge in [-0.3, -0.25) is 4.57 Å². The Morgan fingerprint density at radius 2 is 1.86 bits per heavy atom. The van der Waals surface area contributed by atoms with Crippen molar-refractivity contribution in [1.29, 1.82) is 0 Å². The van der Waals surface area contributed by atoms with E-state index in [2.05, 4.69) is 4.98 Å². The third-order valence-corrected chi connectivity index (χ3v) is 3.31. The molecule has 0 fully saturated rings. The van der Waals surface area contributed by atoms with Crippen LogP contribution in [-0.2, 0) is 6.18 Å². The summed E-state index contributed by atoms with van der Waals surface area (Å²) >= 11 is 5.83. The number of aromatic nitrogens is 2. The highest BCUT2D eigenvalue weighted by atomic mass is 35.5. The number of rotatable bonds is 1. The molecule has 0 aliphatic carbocycles. The first-order valence-corrected chi connectivity index (χ1v) is 6.32. The van der Waals surface area contributed by atoms with Crippen molar-refractivity contribution >= 4 is 22.6 Å². The molecule has 0 atom stereocenters. The molecule has 0 aliphatic heterocycles. The second kappa shape index (κ2) is 4.66. The van der Waals surface area contributed by atoms with Gasteiger partial charge in [0.05, 0.1) is 22.3 Å². The Morgan fingerprint density at radius 3 is 2.57 bits per heavy atom. The van der Waals surface area contributed by atoms with E-state index in [4.69, 9.17) is 11.6 Å². The molecule has 0 spiro atoms. The third-order valence-electron chi connectivity index (χ3n) is 3.08. The van der Waals surface area contributed by atoms with Gasteiger partial charge < -0.3 is 4.98 Å². The zero-order chi connectivity index (χ0) is 15.2. The van der Waals surface area contributed by atoms with Gasteiger partial charge in [-0.15, -0.1) is 0 Å². The molecule has 7 heteroatoms. The Labute approximate surface area is 121 Å². The molecule has 0 bridgehead atoms. The van der Waals surface area contributed by atoms with Crippen LogP contribution in [0.5, 0.6) is 0 Å². The Balaban J connectivity index is 2.26. The molecule has 3 nitrogen and oxygen atoms in total. The number of nitrogens with zero attached hydrogens (tertiary/aromatic N) is 1. The van der Waals surface area contributed by atoms with Crippen LogP contribution in [-0.4, -0.2) is 9.55 Å². The van der Waals surface area contributed by atoms with Crippen molar-refractivity contribution in [2.75, 3.05) is 0 Å². The van der Waals surface area contributed by atoms with Crippen LogP contribution in [0.15, 0.2) is 47.3 Å². The van der Waals surface area contributed by atoms with Crippen molar-refractivity contribution in [3.8, 4) is 5.69 Å². The van der Waals surface area contributed by atoms with E-state index in [-0.39, 0.29) is 5.69 Å². The van der Waals surface area contributed by atoms with Crippen LogP contribution in [0.1, 0.15) is 5.56 Å². The summed E-state index contributed by atoms with van der Waals surface area (Å²) in [5.41, 5.74) is -0.265. The maximum atomic E-state index is 12.8. The number of hydrogen-bond acceptors (Lipinski definition) is 1. The van der Waals surface area contributed by atoms with Crippen LogP contribution in [0.4, 0.5) is 13.2 Å². The molecule has 2 aromatic carbocycles. The quantitative estimate of drug-likeness (QED) is 0.725. The van der Waals surface area contributed by atoms with Gasteiger partial charge in [-0.2, -0.15) is 13.2 Å². The minimum absolute atomic E-state index is 0.142.